The summed E-state index contributed by atoms with van der Waals surface area (Å²) in [5.41, 5.74) is 2.36. The fourth-order valence-electron chi connectivity index (χ4n) is 3.04. The topological polar surface area (TPSA) is 81.7 Å². The summed E-state index contributed by atoms with van der Waals surface area (Å²) in [7, 11) is 1.54. The van der Waals surface area contributed by atoms with Crippen molar-refractivity contribution in [2.24, 2.45) is 0 Å². The van der Waals surface area contributed by atoms with E-state index in [0.29, 0.717) is 23.4 Å². The molecule has 3 aromatic carbocycles. The van der Waals surface area contributed by atoms with Crippen LogP contribution < -0.4 is 10.1 Å². The van der Waals surface area contributed by atoms with Crippen molar-refractivity contribution >= 4 is 35.1 Å². The molecule has 0 unspecified atom stereocenters. The fourth-order valence-corrected chi connectivity index (χ4v) is 3.86. The molecular weight excluding hydrogens is 450 g/mol. The molecule has 0 aliphatic rings. The molecule has 0 radical (unpaired) electrons. The van der Waals surface area contributed by atoms with Gasteiger partial charge in [-0.1, -0.05) is 29.5 Å². The number of anilines is 1. The zero-order chi connectivity index (χ0) is 24.3. The van der Waals surface area contributed by atoms with Gasteiger partial charge in [0.05, 0.1) is 7.11 Å². The second kappa shape index (κ2) is 12.6. The molecule has 1 amide bonds. The number of benzene rings is 3. The summed E-state index contributed by atoms with van der Waals surface area (Å²) in [6.07, 6.45) is 0.583. The molecule has 1 N–H and O–H groups in total. The summed E-state index contributed by atoms with van der Waals surface area (Å²) in [5, 5.41) is 2.83. The minimum Gasteiger partial charge on any atom is -0.497 e. The molecule has 6 nitrogen and oxygen atoms in total. The lowest BCUT2D eigenvalue weighted by molar-refractivity contribution is -0.142. The Morgan fingerprint density at radius 3 is 2.06 bits per heavy atom. The zero-order valence-electron chi connectivity index (χ0n) is 19.2. The van der Waals surface area contributed by atoms with Crippen molar-refractivity contribution in [1.29, 1.82) is 0 Å². The zero-order valence-corrected chi connectivity index (χ0v) is 20.0. The second-order valence-corrected chi connectivity index (χ2v) is 8.80. The van der Waals surface area contributed by atoms with Crippen LogP contribution in [0.2, 0.25) is 0 Å². The van der Waals surface area contributed by atoms with Gasteiger partial charge in [-0.3, -0.25) is 14.4 Å². The Labute approximate surface area is 203 Å². The van der Waals surface area contributed by atoms with Gasteiger partial charge in [0, 0.05) is 33.9 Å². The van der Waals surface area contributed by atoms with Crippen LogP contribution in [0.15, 0.2) is 82.6 Å². The number of hydrogen-bond donors (Lipinski definition) is 1. The lowest BCUT2D eigenvalue weighted by Gasteiger charge is -2.07. The first-order valence-corrected chi connectivity index (χ1v) is 11.7. The van der Waals surface area contributed by atoms with Gasteiger partial charge in [-0.15, -0.1) is 0 Å². The first-order chi connectivity index (χ1) is 16.4. The number of Topliss-reactive ketones (excluding diaryl/α,β-unsaturated/α-hetero) is 1. The smallest absolute Gasteiger partial charge is 0.306 e. The molecule has 0 aliphatic carbocycles. The number of amides is 1. The van der Waals surface area contributed by atoms with Crippen LogP contribution in [0.4, 0.5) is 5.69 Å². The molecule has 34 heavy (non-hydrogen) atoms. The van der Waals surface area contributed by atoms with E-state index in [9.17, 15) is 14.4 Å². The van der Waals surface area contributed by atoms with E-state index in [1.54, 1.807) is 43.1 Å². The molecule has 0 bridgehead atoms. The van der Waals surface area contributed by atoms with Crippen LogP contribution in [-0.4, -0.2) is 31.4 Å². The molecule has 3 rings (SSSR count). The van der Waals surface area contributed by atoms with E-state index < -0.39 is 5.97 Å². The maximum Gasteiger partial charge on any atom is 0.306 e. The number of nitrogens with one attached hydrogen (secondary N) is 1. The summed E-state index contributed by atoms with van der Waals surface area (Å²) in [6.45, 7) is 1.73. The third-order valence-electron chi connectivity index (χ3n) is 4.96. The van der Waals surface area contributed by atoms with Gasteiger partial charge in [0.2, 0.25) is 5.91 Å². The summed E-state index contributed by atoms with van der Waals surface area (Å²) < 4.78 is 10.1. The van der Waals surface area contributed by atoms with Gasteiger partial charge in [0.1, 0.15) is 5.75 Å². The van der Waals surface area contributed by atoms with Crippen molar-refractivity contribution in [2.75, 3.05) is 19.0 Å². The molecule has 3 aromatic rings. The molecule has 0 fully saturated rings. The number of carbonyl (C=O) groups excluding carboxylic acids is 3. The maximum atomic E-state index is 12.2. The van der Waals surface area contributed by atoms with Gasteiger partial charge in [-0.25, -0.2) is 0 Å². The van der Waals surface area contributed by atoms with Gasteiger partial charge >= 0.3 is 5.97 Å². The van der Waals surface area contributed by atoms with E-state index >= 15 is 0 Å². The standard InChI is InChI=1S/C27H27NO5S/c1-19-6-14-23(15-7-19)34-24-16-10-21(11-17-24)28-26(30)4-3-5-27(31)33-18-25(29)20-8-12-22(32-2)13-9-20/h6-17H,3-5,18H2,1-2H3,(H,28,30). The Morgan fingerprint density at radius 1 is 0.824 bits per heavy atom. The van der Waals surface area contributed by atoms with Crippen LogP contribution in [0.25, 0.3) is 0 Å². The summed E-state index contributed by atoms with van der Waals surface area (Å²) in [6, 6.07) is 22.5. The molecule has 0 atom stereocenters. The molecule has 176 valence electrons. The molecule has 0 spiro atoms. The van der Waals surface area contributed by atoms with E-state index in [0.717, 1.165) is 9.79 Å². The quantitative estimate of drug-likeness (QED) is 0.282. The lowest BCUT2D eigenvalue weighted by atomic mass is 10.1. The molecule has 7 heteroatoms. The molecule has 0 saturated carbocycles. The number of rotatable bonds is 11. The number of carbonyl (C=O) groups is 3. The Morgan fingerprint density at radius 2 is 1.44 bits per heavy atom. The van der Waals surface area contributed by atoms with Crippen molar-refractivity contribution in [1.82, 2.24) is 0 Å². The minimum absolute atomic E-state index is 0.0649. The number of esters is 1. The van der Waals surface area contributed by atoms with Gasteiger partial charge in [0.15, 0.2) is 12.4 Å². The summed E-state index contributed by atoms with van der Waals surface area (Å²) in [5.74, 6) is -0.338. The predicted octanol–water partition coefficient (Wildman–Crippen LogP) is 5.69. The number of ketones is 1. The van der Waals surface area contributed by atoms with Gasteiger partial charge in [-0.05, 0) is 74.0 Å². The van der Waals surface area contributed by atoms with E-state index in [4.69, 9.17) is 9.47 Å². The third kappa shape index (κ3) is 8.08. The average molecular weight is 478 g/mol. The van der Waals surface area contributed by atoms with Crippen LogP contribution in [0, 0.1) is 6.92 Å². The molecule has 0 heterocycles. The van der Waals surface area contributed by atoms with Crippen LogP contribution in [0.1, 0.15) is 35.2 Å². The SMILES string of the molecule is COc1ccc(C(=O)COC(=O)CCCC(=O)Nc2ccc(Sc3ccc(C)cc3)cc2)cc1. The van der Waals surface area contributed by atoms with E-state index in [1.807, 2.05) is 24.3 Å². The first kappa shape index (κ1) is 25.1. The average Bonchev–Trinajstić information content (AvgIpc) is 2.85. The number of aryl methyl sites for hydroxylation is 1. The van der Waals surface area contributed by atoms with Gasteiger partial charge in [0.25, 0.3) is 0 Å². The number of methoxy groups -OCH3 is 1. The van der Waals surface area contributed by atoms with Crippen molar-refractivity contribution < 1.29 is 23.9 Å². The van der Waals surface area contributed by atoms with Gasteiger partial charge < -0.3 is 14.8 Å². The number of hydrogen-bond acceptors (Lipinski definition) is 6. The second-order valence-electron chi connectivity index (χ2n) is 7.65. The highest BCUT2D eigenvalue weighted by Crippen LogP contribution is 2.28. The Balaban J connectivity index is 1.34. The number of ether oxygens (including phenoxy) is 2. The van der Waals surface area contributed by atoms with Crippen molar-refractivity contribution in [3.63, 3.8) is 0 Å². The van der Waals surface area contributed by atoms with Crippen molar-refractivity contribution in [3.05, 3.63) is 83.9 Å². The molecule has 0 aliphatic heterocycles. The summed E-state index contributed by atoms with van der Waals surface area (Å²) in [4.78, 5) is 38.4. The molecule has 0 aromatic heterocycles. The molecular formula is C27H27NO5S. The normalized spacial score (nSPS) is 10.4. The van der Waals surface area contributed by atoms with E-state index in [1.165, 1.54) is 5.56 Å². The predicted molar refractivity (Wildman–Crippen MR) is 133 cm³/mol. The van der Waals surface area contributed by atoms with Crippen LogP contribution in [0.3, 0.4) is 0 Å². The van der Waals surface area contributed by atoms with E-state index in [2.05, 4.69) is 36.5 Å². The Hall–Kier alpha value is -3.58. The minimum atomic E-state index is -0.507. The monoisotopic (exact) mass is 477 g/mol. The first-order valence-electron chi connectivity index (χ1n) is 10.9. The lowest BCUT2D eigenvalue weighted by Crippen LogP contribution is -2.15. The van der Waals surface area contributed by atoms with E-state index in [-0.39, 0.29) is 31.1 Å². The largest absolute Gasteiger partial charge is 0.497 e. The van der Waals surface area contributed by atoms with Gasteiger partial charge in [-0.2, -0.15) is 0 Å². The third-order valence-corrected chi connectivity index (χ3v) is 5.97. The summed E-state index contributed by atoms with van der Waals surface area (Å²) >= 11 is 1.65. The highest BCUT2D eigenvalue weighted by molar-refractivity contribution is 7.99. The van der Waals surface area contributed by atoms with Crippen LogP contribution >= 0.6 is 11.8 Å². The maximum absolute atomic E-state index is 12.2. The van der Waals surface area contributed by atoms with Crippen LogP contribution in [0.5, 0.6) is 5.75 Å². The Kier molecular flexibility index (Phi) is 9.29. The van der Waals surface area contributed by atoms with Crippen molar-refractivity contribution in [3.8, 4) is 5.75 Å². The van der Waals surface area contributed by atoms with Crippen LogP contribution in [-0.2, 0) is 14.3 Å². The fraction of sp³-hybridized carbons (Fsp3) is 0.222. The van der Waals surface area contributed by atoms with Crippen molar-refractivity contribution in [2.45, 2.75) is 36.0 Å². The highest BCUT2D eigenvalue weighted by Gasteiger charge is 2.11. The Bertz CT molecular complexity index is 1110. The molecule has 0 saturated heterocycles. The highest BCUT2D eigenvalue weighted by atomic mass is 32.2.